The van der Waals surface area contributed by atoms with Crippen molar-refractivity contribution >= 4 is 34.9 Å². The van der Waals surface area contributed by atoms with Crippen molar-refractivity contribution in [2.24, 2.45) is 0 Å². The first-order valence-corrected chi connectivity index (χ1v) is 11.2. The van der Waals surface area contributed by atoms with E-state index >= 15 is 0 Å². The van der Waals surface area contributed by atoms with Gasteiger partial charge in [0.15, 0.2) is 0 Å². The first kappa shape index (κ1) is 22.3. The highest BCUT2D eigenvalue weighted by molar-refractivity contribution is 7.03. The molecule has 1 saturated heterocycles. The number of carbonyl (C=O) groups excluding carboxylic acids is 1. The van der Waals surface area contributed by atoms with Gasteiger partial charge in [0.2, 0.25) is 11.6 Å². The van der Waals surface area contributed by atoms with Crippen LogP contribution < -0.4 is 10.2 Å². The number of nitrogens with zero attached hydrogens (tertiary/aromatic N) is 7. The summed E-state index contributed by atoms with van der Waals surface area (Å²) in [4.78, 5) is 35.0. The second-order valence-electron chi connectivity index (χ2n) is 7.17. The highest BCUT2D eigenvalue weighted by atomic mass is 32.1. The van der Waals surface area contributed by atoms with Gasteiger partial charge in [-0.1, -0.05) is 28.8 Å². The predicted octanol–water partition coefficient (Wildman–Crippen LogP) is 2.79. The standard InChI is InChI=1S/C20H22N8O4S/c1-2-32-20(29)27-9-7-26(8-10-27)19-17(28(30)31)18(22-13-23-19)21-11-14-3-5-15(6-4-14)16-12-33-25-24-16/h3-6,12-13H,2,7-11H2,1H3,(H,21,22,23). The van der Waals surface area contributed by atoms with Crippen molar-refractivity contribution in [2.75, 3.05) is 43.0 Å². The van der Waals surface area contributed by atoms with Gasteiger partial charge in [-0.2, -0.15) is 0 Å². The van der Waals surface area contributed by atoms with Gasteiger partial charge < -0.3 is 19.9 Å². The Morgan fingerprint density at radius 1 is 1.21 bits per heavy atom. The third kappa shape index (κ3) is 5.14. The number of piperazine rings is 1. The van der Waals surface area contributed by atoms with Crippen LogP contribution in [-0.2, 0) is 11.3 Å². The Kier molecular flexibility index (Phi) is 6.88. The van der Waals surface area contributed by atoms with Crippen molar-refractivity contribution in [3.05, 3.63) is 51.7 Å². The van der Waals surface area contributed by atoms with Gasteiger partial charge in [0, 0.05) is 43.7 Å². The molecule has 1 aromatic carbocycles. The molecule has 0 atom stereocenters. The number of ether oxygens (including phenoxy) is 1. The summed E-state index contributed by atoms with van der Waals surface area (Å²) in [7, 11) is 0. The number of anilines is 2. The van der Waals surface area contributed by atoms with Gasteiger partial charge in [-0.3, -0.25) is 10.1 Å². The number of nitro groups is 1. The maximum atomic E-state index is 11.9. The Balaban J connectivity index is 1.46. The van der Waals surface area contributed by atoms with Crippen LogP contribution >= 0.6 is 11.5 Å². The number of hydrogen-bond acceptors (Lipinski definition) is 11. The molecule has 1 N–H and O–H groups in total. The minimum absolute atomic E-state index is 0.144. The van der Waals surface area contributed by atoms with Gasteiger partial charge in [0.1, 0.15) is 12.0 Å². The zero-order valence-electron chi connectivity index (χ0n) is 17.9. The number of rotatable bonds is 7. The molecule has 1 amide bonds. The van der Waals surface area contributed by atoms with E-state index in [9.17, 15) is 14.9 Å². The van der Waals surface area contributed by atoms with E-state index < -0.39 is 4.92 Å². The van der Waals surface area contributed by atoms with E-state index in [0.717, 1.165) is 16.8 Å². The van der Waals surface area contributed by atoms with E-state index in [4.69, 9.17) is 4.74 Å². The minimum atomic E-state index is -0.478. The maximum absolute atomic E-state index is 11.9. The molecule has 0 bridgehead atoms. The first-order chi connectivity index (χ1) is 16.1. The molecule has 172 valence electrons. The third-order valence-corrected chi connectivity index (χ3v) is 5.67. The Morgan fingerprint density at radius 3 is 2.61 bits per heavy atom. The van der Waals surface area contributed by atoms with Crippen molar-refractivity contribution in [1.82, 2.24) is 24.5 Å². The average Bonchev–Trinajstić information content (AvgIpc) is 3.38. The quantitative estimate of drug-likeness (QED) is 0.405. The zero-order valence-corrected chi connectivity index (χ0v) is 18.7. The summed E-state index contributed by atoms with van der Waals surface area (Å²) in [6.45, 7) is 4.00. The summed E-state index contributed by atoms with van der Waals surface area (Å²) < 4.78 is 8.89. The normalized spacial score (nSPS) is 13.6. The molecule has 12 nitrogen and oxygen atoms in total. The molecular formula is C20H22N8O4S. The predicted molar refractivity (Wildman–Crippen MR) is 122 cm³/mol. The summed E-state index contributed by atoms with van der Waals surface area (Å²) >= 11 is 1.29. The van der Waals surface area contributed by atoms with Gasteiger partial charge in [0.25, 0.3) is 0 Å². The van der Waals surface area contributed by atoms with Crippen LogP contribution in [0.5, 0.6) is 0 Å². The lowest BCUT2D eigenvalue weighted by Crippen LogP contribution is -2.49. The van der Waals surface area contributed by atoms with Crippen LogP contribution in [0.25, 0.3) is 11.3 Å². The molecule has 0 aliphatic carbocycles. The van der Waals surface area contributed by atoms with Gasteiger partial charge in [0.05, 0.1) is 11.5 Å². The largest absolute Gasteiger partial charge is 0.450 e. The Labute approximate surface area is 193 Å². The molecular weight excluding hydrogens is 448 g/mol. The zero-order chi connectivity index (χ0) is 23.2. The van der Waals surface area contributed by atoms with Crippen molar-refractivity contribution in [1.29, 1.82) is 0 Å². The molecule has 0 spiro atoms. The summed E-state index contributed by atoms with van der Waals surface area (Å²) in [5.41, 5.74) is 2.50. The van der Waals surface area contributed by atoms with E-state index in [-0.39, 0.29) is 23.4 Å². The van der Waals surface area contributed by atoms with Gasteiger partial charge >= 0.3 is 11.8 Å². The maximum Gasteiger partial charge on any atom is 0.409 e. The van der Waals surface area contributed by atoms with E-state index in [1.807, 2.05) is 29.6 Å². The molecule has 3 aromatic rings. The third-order valence-electron chi connectivity index (χ3n) is 5.16. The fourth-order valence-corrected chi connectivity index (χ4v) is 3.95. The van der Waals surface area contributed by atoms with Crippen LogP contribution in [0.2, 0.25) is 0 Å². The average molecular weight is 471 g/mol. The van der Waals surface area contributed by atoms with Crippen LogP contribution in [-0.4, -0.2) is 68.3 Å². The summed E-state index contributed by atoms with van der Waals surface area (Å²) in [5, 5.41) is 20.9. The molecule has 33 heavy (non-hydrogen) atoms. The molecule has 0 unspecified atom stereocenters. The summed E-state index contributed by atoms with van der Waals surface area (Å²) in [6.07, 6.45) is 0.925. The smallest absolute Gasteiger partial charge is 0.409 e. The minimum Gasteiger partial charge on any atom is -0.450 e. The van der Waals surface area contributed by atoms with E-state index in [1.165, 1.54) is 17.9 Å². The van der Waals surface area contributed by atoms with Crippen LogP contribution in [0.4, 0.5) is 22.1 Å². The van der Waals surface area contributed by atoms with Crippen molar-refractivity contribution in [3.63, 3.8) is 0 Å². The van der Waals surface area contributed by atoms with E-state index in [2.05, 4.69) is 24.9 Å². The molecule has 2 aromatic heterocycles. The summed E-state index contributed by atoms with van der Waals surface area (Å²) in [5.74, 6) is 0.373. The number of amides is 1. The first-order valence-electron chi connectivity index (χ1n) is 10.3. The second-order valence-corrected chi connectivity index (χ2v) is 7.78. The van der Waals surface area contributed by atoms with Gasteiger partial charge in [-0.05, 0) is 24.0 Å². The second kappa shape index (κ2) is 10.2. The Morgan fingerprint density at radius 2 is 1.97 bits per heavy atom. The lowest BCUT2D eigenvalue weighted by molar-refractivity contribution is -0.383. The lowest BCUT2D eigenvalue weighted by atomic mass is 10.1. The van der Waals surface area contributed by atoms with E-state index in [0.29, 0.717) is 39.3 Å². The lowest BCUT2D eigenvalue weighted by Gasteiger charge is -2.34. The highest BCUT2D eigenvalue weighted by Gasteiger charge is 2.30. The molecule has 13 heteroatoms. The topological polar surface area (TPSA) is 140 Å². The van der Waals surface area contributed by atoms with Crippen LogP contribution in [0.15, 0.2) is 36.0 Å². The number of hydrogen-bond donors (Lipinski definition) is 1. The van der Waals surface area contributed by atoms with Crippen molar-refractivity contribution in [3.8, 4) is 11.3 Å². The van der Waals surface area contributed by atoms with Crippen LogP contribution in [0.1, 0.15) is 12.5 Å². The molecule has 3 heterocycles. The van der Waals surface area contributed by atoms with Crippen molar-refractivity contribution < 1.29 is 14.5 Å². The highest BCUT2D eigenvalue weighted by Crippen LogP contribution is 2.32. The fourth-order valence-electron chi connectivity index (χ4n) is 3.48. The van der Waals surface area contributed by atoms with Crippen LogP contribution in [0.3, 0.4) is 0 Å². The number of nitrogens with one attached hydrogen (secondary N) is 1. The Hall–Kier alpha value is -3.87. The molecule has 0 radical (unpaired) electrons. The van der Waals surface area contributed by atoms with Crippen LogP contribution in [0, 0.1) is 10.1 Å². The Bertz CT molecular complexity index is 1100. The SMILES string of the molecule is CCOC(=O)N1CCN(c2ncnc(NCc3ccc(-c4csnn4)cc3)c2[N+](=O)[O-])CC1. The number of carbonyl (C=O) groups is 1. The molecule has 0 saturated carbocycles. The van der Waals surface area contributed by atoms with Crippen molar-refractivity contribution in [2.45, 2.75) is 13.5 Å². The molecule has 1 aliphatic heterocycles. The van der Waals surface area contributed by atoms with Gasteiger partial charge in [-0.25, -0.2) is 14.8 Å². The summed E-state index contributed by atoms with van der Waals surface area (Å²) in [6, 6.07) is 7.70. The molecule has 1 aliphatic rings. The fraction of sp³-hybridized carbons (Fsp3) is 0.350. The van der Waals surface area contributed by atoms with E-state index in [1.54, 1.807) is 16.7 Å². The molecule has 1 fully saturated rings. The van der Waals surface area contributed by atoms with Gasteiger partial charge in [-0.15, -0.1) is 5.10 Å². The molecule has 4 rings (SSSR count). The monoisotopic (exact) mass is 470 g/mol. The number of aromatic nitrogens is 4. The number of benzene rings is 1.